The van der Waals surface area contributed by atoms with Gasteiger partial charge in [-0.05, 0) is 13.8 Å². The summed E-state index contributed by atoms with van der Waals surface area (Å²) < 4.78 is 0. The molecule has 0 atom stereocenters. The number of primary amides is 1. The molecule has 17 heavy (non-hydrogen) atoms. The van der Waals surface area contributed by atoms with Crippen LogP contribution >= 0.6 is 0 Å². The number of nitrogens with two attached hydrogens (primary N) is 1. The first-order valence-corrected chi connectivity index (χ1v) is 4.97. The number of carbonyl (C=O) groups is 1. The van der Waals surface area contributed by atoms with Gasteiger partial charge in [0.15, 0.2) is 0 Å². The van der Waals surface area contributed by atoms with Gasteiger partial charge < -0.3 is 11.1 Å². The molecule has 0 aliphatic heterocycles. The molecule has 1 rings (SSSR count). The summed E-state index contributed by atoms with van der Waals surface area (Å²) in [7, 11) is 0. The van der Waals surface area contributed by atoms with Crippen LogP contribution in [0.5, 0.6) is 0 Å². The van der Waals surface area contributed by atoms with E-state index in [0.717, 1.165) is 0 Å². The highest BCUT2D eigenvalue weighted by Crippen LogP contribution is 2.18. The highest BCUT2D eigenvalue weighted by Gasteiger charge is 2.24. The molecule has 1 amide bonds. The highest BCUT2D eigenvalue weighted by atomic mass is 16.6. The minimum absolute atomic E-state index is 0.0561. The number of carbonyl (C=O) groups excluding carboxylic acids is 1. The van der Waals surface area contributed by atoms with Crippen LogP contribution in [0.15, 0.2) is 18.3 Å². The molecule has 0 saturated carbocycles. The molecular formula is C10H14N4O3. The lowest BCUT2D eigenvalue weighted by Gasteiger charge is -2.20. The Morgan fingerprint density at radius 1 is 1.65 bits per heavy atom. The molecule has 0 aliphatic rings. The first-order chi connectivity index (χ1) is 7.83. The van der Waals surface area contributed by atoms with Crippen molar-refractivity contribution in [3.63, 3.8) is 0 Å². The zero-order valence-electron chi connectivity index (χ0n) is 9.64. The summed E-state index contributed by atoms with van der Waals surface area (Å²) >= 11 is 0. The van der Waals surface area contributed by atoms with Gasteiger partial charge in [0.2, 0.25) is 5.91 Å². The Morgan fingerprint density at radius 2 is 2.29 bits per heavy atom. The number of anilines is 1. The maximum Gasteiger partial charge on any atom is 0.274 e. The van der Waals surface area contributed by atoms with Crippen molar-refractivity contribution in [2.24, 2.45) is 11.1 Å². The fourth-order valence-electron chi connectivity index (χ4n) is 1.03. The average Bonchev–Trinajstić information content (AvgIpc) is 2.26. The molecule has 7 nitrogen and oxygen atoms in total. The maximum absolute atomic E-state index is 11.1. The van der Waals surface area contributed by atoms with E-state index < -0.39 is 16.2 Å². The van der Waals surface area contributed by atoms with Gasteiger partial charge in [-0.1, -0.05) is 0 Å². The Hall–Kier alpha value is -2.18. The summed E-state index contributed by atoms with van der Waals surface area (Å²) in [6.07, 6.45) is 1.33. The fourth-order valence-corrected chi connectivity index (χ4v) is 1.03. The van der Waals surface area contributed by atoms with Crippen molar-refractivity contribution >= 4 is 17.4 Å². The number of rotatable bonds is 5. The number of nitrogens with zero attached hydrogens (tertiary/aromatic N) is 2. The maximum atomic E-state index is 11.1. The second kappa shape index (κ2) is 4.77. The van der Waals surface area contributed by atoms with E-state index in [2.05, 4.69) is 10.3 Å². The molecule has 92 valence electrons. The molecule has 7 heteroatoms. The fraction of sp³-hybridized carbons (Fsp3) is 0.400. The van der Waals surface area contributed by atoms with Gasteiger partial charge in [-0.2, -0.15) is 0 Å². The van der Waals surface area contributed by atoms with Crippen LogP contribution in [0, 0.1) is 15.5 Å². The average molecular weight is 238 g/mol. The van der Waals surface area contributed by atoms with Crippen LogP contribution in [0.1, 0.15) is 13.8 Å². The topological polar surface area (TPSA) is 111 Å². The summed E-state index contributed by atoms with van der Waals surface area (Å²) in [4.78, 5) is 25.0. The largest absolute Gasteiger partial charge is 0.369 e. The number of hydrogen-bond donors (Lipinski definition) is 2. The van der Waals surface area contributed by atoms with E-state index in [4.69, 9.17) is 5.73 Å². The Kier molecular flexibility index (Phi) is 3.62. The predicted octanol–water partition coefficient (Wildman–Crippen LogP) is 0.913. The summed E-state index contributed by atoms with van der Waals surface area (Å²) in [5, 5.41) is 13.4. The van der Waals surface area contributed by atoms with Gasteiger partial charge in [-0.3, -0.25) is 14.9 Å². The van der Waals surface area contributed by atoms with Crippen LogP contribution in [0.3, 0.4) is 0 Å². The summed E-state index contributed by atoms with van der Waals surface area (Å²) in [6, 6.07) is 2.60. The molecule has 0 fully saturated rings. The van der Waals surface area contributed by atoms with Gasteiger partial charge >= 0.3 is 0 Å². The van der Waals surface area contributed by atoms with Gasteiger partial charge in [0.1, 0.15) is 5.82 Å². The number of nitrogens with one attached hydrogen (secondary N) is 1. The summed E-state index contributed by atoms with van der Waals surface area (Å²) in [5.74, 6) is -0.107. The van der Waals surface area contributed by atoms with Crippen molar-refractivity contribution in [2.45, 2.75) is 13.8 Å². The SMILES string of the molecule is CC(C)(CNc1cc([N+](=O)[O-])ccn1)C(N)=O. The number of aromatic nitrogens is 1. The minimum atomic E-state index is -0.744. The van der Waals surface area contributed by atoms with E-state index in [1.165, 1.54) is 18.3 Å². The van der Waals surface area contributed by atoms with Gasteiger partial charge in [0.25, 0.3) is 5.69 Å². The zero-order valence-corrected chi connectivity index (χ0v) is 9.64. The lowest BCUT2D eigenvalue weighted by molar-refractivity contribution is -0.384. The first kappa shape index (κ1) is 12.9. The molecule has 1 aromatic rings. The van der Waals surface area contributed by atoms with Gasteiger partial charge in [0, 0.05) is 18.8 Å². The van der Waals surface area contributed by atoms with E-state index in [9.17, 15) is 14.9 Å². The standard InChI is InChI=1S/C10H14N4O3/c1-10(2,9(11)15)6-13-8-5-7(14(16)17)3-4-12-8/h3-5H,6H2,1-2H3,(H2,11,15)(H,12,13). The Bertz CT molecular complexity index is 445. The van der Waals surface area contributed by atoms with Gasteiger partial charge in [0.05, 0.1) is 16.4 Å². The molecule has 1 heterocycles. The molecule has 3 N–H and O–H groups in total. The van der Waals surface area contributed by atoms with Crippen LogP contribution < -0.4 is 11.1 Å². The van der Waals surface area contributed by atoms with Gasteiger partial charge in [-0.15, -0.1) is 0 Å². The molecule has 0 aliphatic carbocycles. The van der Waals surface area contributed by atoms with E-state index in [1.807, 2.05) is 0 Å². The molecule has 1 aromatic heterocycles. The van der Waals surface area contributed by atoms with Crippen molar-refractivity contribution in [2.75, 3.05) is 11.9 Å². The number of hydrogen-bond acceptors (Lipinski definition) is 5. The van der Waals surface area contributed by atoms with Crippen LogP contribution in [-0.2, 0) is 4.79 Å². The third kappa shape index (κ3) is 3.40. The van der Waals surface area contributed by atoms with Crippen molar-refractivity contribution in [3.05, 3.63) is 28.4 Å². The van der Waals surface area contributed by atoms with Crippen molar-refractivity contribution in [1.82, 2.24) is 4.98 Å². The van der Waals surface area contributed by atoms with Crippen molar-refractivity contribution < 1.29 is 9.72 Å². The zero-order chi connectivity index (χ0) is 13.1. The number of nitro groups is 1. The summed E-state index contributed by atoms with van der Waals surface area (Å²) in [6.45, 7) is 3.62. The quantitative estimate of drug-likeness (QED) is 0.585. The first-order valence-electron chi connectivity index (χ1n) is 4.97. The number of pyridine rings is 1. The molecule has 0 saturated heterocycles. The smallest absolute Gasteiger partial charge is 0.274 e. The van der Waals surface area contributed by atoms with Crippen LogP contribution in [0.4, 0.5) is 11.5 Å². The van der Waals surface area contributed by atoms with E-state index in [-0.39, 0.29) is 12.2 Å². The monoisotopic (exact) mass is 238 g/mol. The molecule has 0 aromatic carbocycles. The summed E-state index contributed by atoms with van der Waals surface area (Å²) in [5.41, 5.74) is 4.41. The molecular weight excluding hydrogens is 224 g/mol. The second-order valence-corrected chi connectivity index (χ2v) is 4.26. The van der Waals surface area contributed by atoms with Crippen molar-refractivity contribution in [3.8, 4) is 0 Å². The third-order valence-electron chi connectivity index (χ3n) is 2.33. The minimum Gasteiger partial charge on any atom is -0.369 e. The lowest BCUT2D eigenvalue weighted by atomic mass is 9.93. The van der Waals surface area contributed by atoms with Crippen molar-refractivity contribution in [1.29, 1.82) is 0 Å². The van der Waals surface area contributed by atoms with Crippen LogP contribution in [0.2, 0.25) is 0 Å². The molecule has 0 radical (unpaired) electrons. The van der Waals surface area contributed by atoms with E-state index in [0.29, 0.717) is 5.82 Å². The van der Waals surface area contributed by atoms with Crippen LogP contribution in [-0.4, -0.2) is 22.4 Å². The molecule has 0 unspecified atom stereocenters. The second-order valence-electron chi connectivity index (χ2n) is 4.26. The van der Waals surface area contributed by atoms with E-state index >= 15 is 0 Å². The Balaban J connectivity index is 2.73. The lowest BCUT2D eigenvalue weighted by Crippen LogP contribution is -2.37. The Morgan fingerprint density at radius 3 is 2.82 bits per heavy atom. The molecule has 0 spiro atoms. The predicted molar refractivity (Wildman–Crippen MR) is 62.4 cm³/mol. The molecule has 0 bridgehead atoms. The van der Waals surface area contributed by atoms with Crippen LogP contribution in [0.25, 0.3) is 0 Å². The third-order valence-corrected chi connectivity index (χ3v) is 2.33. The normalized spacial score (nSPS) is 10.9. The Labute approximate surface area is 98.2 Å². The number of amides is 1. The van der Waals surface area contributed by atoms with Gasteiger partial charge in [-0.25, -0.2) is 4.98 Å². The van der Waals surface area contributed by atoms with E-state index in [1.54, 1.807) is 13.8 Å². The highest BCUT2D eigenvalue weighted by molar-refractivity contribution is 5.80.